The molecule has 0 bridgehead atoms. The molecule has 2 nitrogen and oxygen atoms in total. The van der Waals surface area contributed by atoms with E-state index in [0.717, 1.165) is 6.42 Å². The summed E-state index contributed by atoms with van der Waals surface area (Å²) < 4.78 is 13.5. The van der Waals surface area contributed by atoms with Gasteiger partial charge in [0.05, 0.1) is 5.54 Å². The smallest absolute Gasteiger partial charge is 0.156 e. The van der Waals surface area contributed by atoms with E-state index in [4.69, 9.17) is 17.3 Å². The Morgan fingerprint density at radius 3 is 2.71 bits per heavy atom. The Kier molecular flexibility index (Phi) is 4.66. The molecule has 0 fully saturated rings. The summed E-state index contributed by atoms with van der Waals surface area (Å²) >= 11 is 5.64. The first-order chi connectivity index (χ1) is 7.86. The van der Waals surface area contributed by atoms with Crippen LogP contribution in [0.2, 0.25) is 5.02 Å². The average molecular weight is 258 g/mol. The van der Waals surface area contributed by atoms with Crippen LogP contribution in [0.25, 0.3) is 0 Å². The molecule has 1 atom stereocenters. The number of Topliss-reactive ketones (excluding diaryl/α,β-unsaturated/α-hetero) is 1. The Hall–Kier alpha value is -0.930. The Bertz CT molecular complexity index is 418. The van der Waals surface area contributed by atoms with Crippen molar-refractivity contribution in [1.82, 2.24) is 0 Å². The average Bonchev–Trinajstić information content (AvgIpc) is 2.22. The first-order valence-electron chi connectivity index (χ1n) is 5.63. The highest BCUT2D eigenvalue weighted by Crippen LogP contribution is 2.18. The molecule has 0 heterocycles. The van der Waals surface area contributed by atoms with Crippen molar-refractivity contribution in [3.63, 3.8) is 0 Å². The van der Waals surface area contributed by atoms with E-state index in [9.17, 15) is 9.18 Å². The van der Waals surface area contributed by atoms with Crippen LogP contribution in [0.3, 0.4) is 0 Å². The van der Waals surface area contributed by atoms with Crippen LogP contribution in [0.1, 0.15) is 32.3 Å². The van der Waals surface area contributed by atoms with Gasteiger partial charge in [-0.15, -0.1) is 0 Å². The molecule has 0 aliphatic rings. The second-order valence-electron chi connectivity index (χ2n) is 4.50. The number of ketones is 1. The van der Waals surface area contributed by atoms with E-state index < -0.39 is 11.4 Å². The fraction of sp³-hybridized carbons (Fsp3) is 0.462. The minimum absolute atomic E-state index is 0.00992. The molecular formula is C13H17ClFNO. The fourth-order valence-electron chi connectivity index (χ4n) is 1.70. The molecule has 1 aromatic rings. The van der Waals surface area contributed by atoms with Crippen molar-refractivity contribution in [2.75, 3.05) is 0 Å². The first kappa shape index (κ1) is 14.1. The maximum absolute atomic E-state index is 13.5. The molecule has 1 rings (SSSR count). The molecule has 0 amide bonds. The molecule has 0 saturated heterocycles. The lowest BCUT2D eigenvalue weighted by molar-refractivity contribution is -0.123. The predicted octanol–water partition coefficient (Wildman–Crippen LogP) is 3.11. The van der Waals surface area contributed by atoms with Crippen molar-refractivity contribution >= 4 is 17.4 Å². The predicted molar refractivity (Wildman–Crippen MR) is 67.6 cm³/mol. The summed E-state index contributed by atoms with van der Waals surface area (Å²) in [6.45, 7) is 3.65. The molecule has 4 heteroatoms. The van der Waals surface area contributed by atoms with Crippen molar-refractivity contribution < 1.29 is 9.18 Å². The molecular weight excluding hydrogens is 241 g/mol. The van der Waals surface area contributed by atoms with E-state index >= 15 is 0 Å². The van der Waals surface area contributed by atoms with Crippen LogP contribution in [0.15, 0.2) is 18.2 Å². The highest BCUT2D eigenvalue weighted by Gasteiger charge is 2.27. The minimum atomic E-state index is -0.888. The van der Waals surface area contributed by atoms with E-state index in [2.05, 4.69) is 0 Å². The number of nitrogens with two attached hydrogens (primary N) is 1. The summed E-state index contributed by atoms with van der Waals surface area (Å²) in [5, 5.41) is 0.322. The number of benzene rings is 1. The minimum Gasteiger partial charge on any atom is -0.319 e. The SMILES string of the molecule is CCCC(C)(N)C(=O)Cc1ccc(Cl)cc1F. The van der Waals surface area contributed by atoms with Gasteiger partial charge in [0.1, 0.15) is 5.82 Å². The highest BCUT2D eigenvalue weighted by molar-refractivity contribution is 6.30. The monoisotopic (exact) mass is 257 g/mol. The van der Waals surface area contributed by atoms with Crippen LogP contribution >= 0.6 is 11.6 Å². The van der Waals surface area contributed by atoms with Gasteiger partial charge >= 0.3 is 0 Å². The van der Waals surface area contributed by atoms with Crippen LogP contribution in [-0.2, 0) is 11.2 Å². The third kappa shape index (κ3) is 3.79. The van der Waals surface area contributed by atoms with Gasteiger partial charge in [0.15, 0.2) is 5.78 Å². The zero-order chi connectivity index (χ0) is 13.1. The van der Waals surface area contributed by atoms with Gasteiger partial charge in [0, 0.05) is 11.4 Å². The van der Waals surface area contributed by atoms with Crippen molar-refractivity contribution in [2.45, 2.75) is 38.6 Å². The Morgan fingerprint density at radius 1 is 1.53 bits per heavy atom. The molecule has 94 valence electrons. The van der Waals surface area contributed by atoms with Crippen LogP contribution in [0.5, 0.6) is 0 Å². The topological polar surface area (TPSA) is 43.1 Å². The Balaban J connectivity index is 2.81. The summed E-state index contributed by atoms with van der Waals surface area (Å²) in [6.07, 6.45) is 1.43. The molecule has 0 spiro atoms. The molecule has 0 radical (unpaired) electrons. The summed E-state index contributed by atoms with van der Waals surface area (Å²) in [7, 11) is 0. The van der Waals surface area contributed by atoms with Crippen molar-refractivity contribution in [3.8, 4) is 0 Å². The molecule has 0 aromatic heterocycles. The van der Waals surface area contributed by atoms with E-state index in [1.807, 2.05) is 6.92 Å². The Labute approximate surface area is 106 Å². The van der Waals surface area contributed by atoms with Crippen molar-refractivity contribution in [3.05, 3.63) is 34.6 Å². The zero-order valence-electron chi connectivity index (χ0n) is 10.1. The van der Waals surface area contributed by atoms with E-state index in [1.54, 1.807) is 13.0 Å². The van der Waals surface area contributed by atoms with E-state index in [0.29, 0.717) is 17.0 Å². The maximum Gasteiger partial charge on any atom is 0.156 e. The number of hydrogen-bond donors (Lipinski definition) is 1. The summed E-state index contributed by atoms with van der Waals surface area (Å²) in [5.41, 5.74) is 5.35. The second-order valence-corrected chi connectivity index (χ2v) is 4.94. The lowest BCUT2D eigenvalue weighted by atomic mass is 9.88. The van der Waals surface area contributed by atoms with Gasteiger partial charge < -0.3 is 5.73 Å². The van der Waals surface area contributed by atoms with Crippen LogP contribution in [-0.4, -0.2) is 11.3 Å². The first-order valence-corrected chi connectivity index (χ1v) is 6.00. The van der Waals surface area contributed by atoms with Crippen LogP contribution < -0.4 is 5.73 Å². The van der Waals surface area contributed by atoms with Crippen molar-refractivity contribution in [2.24, 2.45) is 5.73 Å². The van der Waals surface area contributed by atoms with Gasteiger partial charge in [0.25, 0.3) is 0 Å². The van der Waals surface area contributed by atoms with Gasteiger partial charge in [-0.3, -0.25) is 4.79 Å². The van der Waals surface area contributed by atoms with Crippen molar-refractivity contribution in [1.29, 1.82) is 0 Å². The second kappa shape index (κ2) is 5.61. The fourth-order valence-corrected chi connectivity index (χ4v) is 1.86. The third-order valence-corrected chi connectivity index (χ3v) is 3.01. The highest BCUT2D eigenvalue weighted by atomic mass is 35.5. The van der Waals surface area contributed by atoms with Gasteiger partial charge in [0.2, 0.25) is 0 Å². The molecule has 0 aliphatic carbocycles. The summed E-state index contributed by atoms with van der Waals surface area (Å²) in [6, 6.07) is 4.30. The lowest BCUT2D eigenvalue weighted by Crippen LogP contribution is -2.45. The third-order valence-electron chi connectivity index (χ3n) is 2.77. The lowest BCUT2D eigenvalue weighted by Gasteiger charge is -2.22. The zero-order valence-corrected chi connectivity index (χ0v) is 10.9. The molecule has 0 saturated carbocycles. The standard InChI is InChI=1S/C13H17ClFNO/c1-3-6-13(2,16)12(17)7-9-4-5-10(14)8-11(9)15/h4-5,8H,3,6-7,16H2,1-2H3. The van der Waals surface area contributed by atoms with Gasteiger partial charge in [-0.1, -0.05) is 31.0 Å². The number of carbonyl (C=O) groups excluding carboxylic acids is 1. The van der Waals surface area contributed by atoms with Crippen LogP contribution in [0.4, 0.5) is 4.39 Å². The van der Waals surface area contributed by atoms with E-state index in [1.165, 1.54) is 12.1 Å². The maximum atomic E-state index is 13.5. The largest absolute Gasteiger partial charge is 0.319 e. The Morgan fingerprint density at radius 2 is 2.18 bits per heavy atom. The normalized spacial score (nSPS) is 14.4. The van der Waals surface area contributed by atoms with Gasteiger partial charge in [-0.2, -0.15) is 0 Å². The molecule has 1 aromatic carbocycles. The number of halogens is 2. The molecule has 17 heavy (non-hydrogen) atoms. The van der Waals surface area contributed by atoms with Crippen LogP contribution in [0, 0.1) is 5.82 Å². The summed E-state index contributed by atoms with van der Waals surface area (Å²) in [4.78, 5) is 11.9. The molecule has 0 aliphatic heterocycles. The molecule has 2 N–H and O–H groups in total. The van der Waals surface area contributed by atoms with E-state index in [-0.39, 0.29) is 12.2 Å². The quantitative estimate of drug-likeness (QED) is 0.881. The summed E-state index contributed by atoms with van der Waals surface area (Å²) in [5.74, 6) is -0.612. The van der Waals surface area contributed by atoms with Gasteiger partial charge in [-0.25, -0.2) is 4.39 Å². The number of rotatable bonds is 5. The molecule has 1 unspecified atom stereocenters. The number of hydrogen-bond acceptors (Lipinski definition) is 2. The van der Waals surface area contributed by atoms with Gasteiger partial charge in [-0.05, 0) is 31.0 Å². The number of carbonyl (C=O) groups is 1.